The molecule has 2 N–H and O–H groups in total. The molecule has 8 nitrogen and oxygen atoms in total. The summed E-state index contributed by atoms with van der Waals surface area (Å²) >= 11 is 0. The third-order valence-corrected chi connectivity index (χ3v) is 5.00. The van der Waals surface area contributed by atoms with Crippen LogP contribution in [0.4, 0.5) is 0 Å². The van der Waals surface area contributed by atoms with Crippen molar-refractivity contribution in [1.82, 2.24) is 29.9 Å². The maximum atomic E-state index is 11.4. The van der Waals surface area contributed by atoms with Crippen molar-refractivity contribution < 1.29 is 9.90 Å². The van der Waals surface area contributed by atoms with Gasteiger partial charge in [0.25, 0.3) is 0 Å². The zero-order valence-corrected chi connectivity index (χ0v) is 13.8. The number of piperidine rings is 1. The summed E-state index contributed by atoms with van der Waals surface area (Å²) in [5.41, 5.74) is 0.968. The van der Waals surface area contributed by atoms with E-state index in [-0.39, 0.29) is 11.6 Å². The zero-order valence-electron chi connectivity index (χ0n) is 13.8. The van der Waals surface area contributed by atoms with Crippen molar-refractivity contribution in [2.75, 3.05) is 6.54 Å². The van der Waals surface area contributed by atoms with Crippen LogP contribution in [0.3, 0.4) is 0 Å². The Balaban J connectivity index is 1.58. The molecule has 1 saturated heterocycles. The molecule has 1 unspecified atom stereocenters. The van der Waals surface area contributed by atoms with Gasteiger partial charge in [-0.25, -0.2) is 9.78 Å². The molecule has 1 saturated carbocycles. The lowest BCUT2D eigenvalue weighted by atomic mass is 9.97. The van der Waals surface area contributed by atoms with Crippen molar-refractivity contribution in [1.29, 1.82) is 0 Å². The molecule has 24 heavy (non-hydrogen) atoms. The first-order valence-electron chi connectivity index (χ1n) is 8.54. The van der Waals surface area contributed by atoms with Gasteiger partial charge in [0.15, 0.2) is 5.82 Å². The molecule has 0 bridgehead atoms. The highest BCUT2D eigenvalue weighted by Gasteiger charge is 2.32. The molecule has 1 aliphatic carbocycles. The second-order valence-corrected chi connectivity index (χ2v) is 6.77. The fraction of sp³-hybridized carbons (Fsp3) is 0.625. The first-order valence-corrected chi connectivity index (χ1v) is 8.54. The Labute approximate surface area is 139 Å². The standard InChI is InChI=1S/C16H22N6O2/c1-21-13(18-15(20-21)10-5-6-10)9-22-7-3-2-4-12(22)14-11(16(23)24)8-17-19-14/h8,10,12H,2-7,9H2,1H3,(H,17,19)(H,23,24). The number of carbonyl (C=O) groups is 1. The van der Waals surface area contributed by atoms with E-state index in [0.717, 1.165) is 37.5 Å². The number of nitrogens with zero attached hydrogens (tertiary/aromatic N) is 5. The van der Waals surface area contributed by atoms with Gasteiger partial charge in [0.05, 0.1) is 24.5 Å². The Kier molecular flexibility index (Phi) is 3.84. The topological polar surface area (TPSA) is 99.9 Å². The van der Waals surface area contributed by atoms with Crippen molar-refractivity contribution in [2.24, 2.45) is 7.05 Å². The van der Waals surface area contributed by atoms with Gasteiger partial charge in [0.2, 0.25) is 0 Å². The van der Waals surface area contributed by atoms with Crippen LogP contribution in [0.1, 0.15) is 71.8 Å². The van der Waals surface area contributed by atoms with E-state index in [9.17, 15) is 9.90 Å². The summed E-state index contributed by atoms with van der Waals surface area (Å²) in [7, 11) is 1.94. The molecule has 2 aromatic heterocycles. The van der Waals surface area contributed by atoms with E-state index >= 15 is 0 Å². The molecule has 0 aromatic carbocycles. The van der Waals surface area contributed by atoms with Crippen molar-refractivity contribution in [3.05, 3.63) is 29.1 Å². The van der Waals surface area contributed by atoms with E-state index in [1.807, 2.05) is 11.7 Å². The van der Waals surface area contributed by atoms with Gasteiger partial charge < -0.3 is 5.11 Å². The Morgan fingerprint density at radius 2 is 2.21 bits per heavy atom. The van der Waals surface area contributed by atoms with Crippen LogP contribution < -0.4 is 0 Å². The van der Waals surface area contributed by atoms with Crippen molar-refractivity contribution in [2.45, 2.75) is 50.6 Å². The lowest BCUT2D eigenvalue weighted by Crippen LogP contribution is -2.34. The van der Waals surface area contributed by atoms with E-state index in [2.05, 4.69) is 20.2 Å². The number of carboxylic acids is 1. The van der Waals surface area contributed by atoms with Crippen molar-refractivity contribution >= 4 is 5.97 Å². The van der Waals surface area contributed by atoms with Crippen LogP contribution in [0.15, 0.2) is 6.20 Å². The monoisotopic (exact) mass is 330 g/mol. The lowest BCUT2D eigenvalue weighted by Gasteiger charge is -2.34. The average molecular weight is 330 g/mol. The van der Waals surface area contributed by atoms with Crippen molar-refractivity contribution in [3.8, 4) is 0 Å². The molecule has 128 valence electrons. The second-order valence-electron chi connectivity index (χ2n) is 6.77. The van der Waals surface area contributed by atoms with Gasteiger partial charge in [-0.15, -0.1) is 0 Å². The fourth-order valence-electron chi connectivity index (χ4n) is 3.50. The number of hydrogen-bond donors (Lipinski definition) is 2. The average Bonchev–Trinajstić information content (AvgIpc) is 3.18. The summed E-state index contributed by atoms with van der Waals surface area (Å²) < 4.78 is 1.87. The van der Waals surface area contributed by atoms with E-state index in [1.165, 1.54) is 19.0 Å². The third-order valence-electron chi connectivity index (χ3n) is 5.00. The highest BCUT2D eigenvalue weighted by molar-refractivity contribution is 5.88. The lowest BCUT2D eigenvalue weighted by molar-refractivity contribution is 0.0688. The molecule has 1 atom stereocenters. The molecular weight excluding hydrogens is 308 g/mol. The van der Waals surface area contributed by atoms with Gasteiger partial charge in [0, 0.05) is 13.0 Å². The minimum Gasteiger partial charge on any atom is -0.478 e. The molecule has 3 heterocycles. The SMILES string of the molecule is Cn1nc(C2CC2)nc1CN1CCCCC1c1[nH]ncc1C(=O)O. The van der Waals surface area contributed by atoms with Crippen LogP contribution in [-0.4, -0.2) is 47.5 Å². The summed E-state index contributed by atoms with van der Waals surface area (Å²) in [5, 5.41) is 20.8. The molecular formula is C16H22N6O2. The van der Waals surface area contributed by atoms with Gasteiger partial charge >= 0.3 is 5.97 Å². The number of aromatic amines is 1. The summed E-state index contributed by atoms with van der Waals surface area (Å²) in [4.78, 5) is 18.4. The number of aromatic carboxylic acids is 1. The minimum atomic E-state index is -0.932. The van der Waals surface area contributed by atoms with Gasteiger partial charge in [-0.1, -0.05) is 6.42 Å². The number of aryl methyl sites for hydroxylation is 1. The molecule has 2 aromatic rings. The fourth-order valence-corrected chi connectivity index (χ4v) is 3.50. The molecule has 2 aliphatic rings. The first kappa shape index (κ1) is 15.3. The van der Waals surface area contributed by atoms with E-state index < -0.39 is 5.97 Å². The molecule has 4 rings (SSSR count). The van der Waals surface area contributed by atoms with Gasteiger partial charge in [-0.3, -0.25) is 14.7 Å². The molecule has 0 amide bonds. The van der Waals surface area contributed by atoms with E-state index in [0.29, 0.717) is 18.2 Å². The largest absolute Gasteiger partial charge is 0.478 e. The normalized spacial score (nSPS) is 22.0. The summed E-state index contributed by atoms with van der Waals surface area (Å²) in [6.45, 7) is 1.60. The van der Waals surface area contributed by atoms with Gasteiger partial charge in [0.1, 0.15) is 11.4 Å². The predicted molar refractivity (Wildman–Crippen MR) is 85.5 cm³/mol. The van der Waals surface area contributed by atoms with Gasteiger partial charge in [-0.2, -0.15) is 10.2 Å². The maximum Gasteiger partial charge on any atom is 0.339 e. The quantitative estimate of drug-likeness (QED) is 0.868. The third kappa shape index (κ3) is 2.82. The maximum absolute atomic E-state index is 11.4. The highest BCUT2D eigenvalue weighted by Crippen LogP contribution is 2.38. The van der Waals surface area contributed by atoms with Crippen LogP contribution in [-0.2, 0) is 13.6 Å². The smallest absolute Gasteiger partial charge is 0.339 e. The summed E-state index contributed by atoms with van der Waals surface area (Å²) in [5.74, 6) is 1.50. The van der Waals surface area contributed by atoms with Gasteiger partial charge in [-0.05, 0) is 32.2 Å². The van der Waals surface area contributed by atoms with E-state index in [1.54, 1.807) is 0 Å². The summed E-state index contributed by atoms with van der Waals surface area (Å²) in [6.07, 6.45) is 6.90. The molecule has 0 radical (unpaired) electrons. The Morgan fingerprint density at radius 1 is 1.38 bits per heavy atom. The van der Waals surface area contributed by atoms with Crippen molar-refractivity contribution in [3.63, 3.8) is 0 Å². The Morgan fingerprint density at radius 3 is 2.96 bits per heavy atom. The van der Waals surface area contributed by atoms with E-state index in [4.69, 9.17) is 4.98 Å². The number of hydrogen-bond acceptors (Lipinski definition) is 5. The number of nitrogens with one attached hydrogen (secondary N) is 1. The number of rotatable bonds is 5. The van der Waals surface area contributed by atoms with Crippen LogP contribution in [0.5, 0.6) is 0 Å². The molecule has 0 spiro atoms. The second kappa shape index (κ2) is 6.01. The summed E-state index contributed by atoms with van der Waals surface area (Å²) in [6, 6.07) is 0.0356. The number of likely N-dealkylation sites (tertiary alicyclic amines) is 1. The Bertz CT molecular complexity index is 748. The van der Waals surface area contributed by atoms with Crippen LogP contribution >= 0.6 is 0 Å². The number of carboxylic acid groups (broad SMARTS) is 1. The number of aromatic nitrogens is 5. The predicted octanol–water partition coefficient (Wildman–Crippen LogP) is 1.84. The number of H-pyrrole nitrogens is 1. The molecule has 2 fully saturated rings. The first-order chi connectivity index (χ1) is 11.6. The minimum absolute atomic E-state index is 0.0356. The highest BCUT2D eigenvalue weighted by atomic mass is 16.4. The van der Waals surface area contributed by atoms with Crippen LogP contribution in [0.25, 0.3) is 0 Å². The Hall–Kier alpha value is -2.22. The van der Waals surface area contributed by atoms with Crippen LogP contribution in [0.2, 0.25) is 0 Å². The molecule has 1 aliphatic heterocycles. The van der Waals surface area contributed by atoms with Crippen LogP contribution in [0, 0.1) is 0 Å². The molecule has 8 heteroatoms. The zero-order chi connectivity index (χ0) is 16.7.